The van der Waals surface area contributed by atoms with Crippen molar-refractivity contribution in [2.45, 2.75) is 39.3 Å². The number of hydrogen-bond acceptors (Lipinski definition) is 3. The molecule has 0 radical (unpaired) electrons. The molecule has 0 aliphatic carbocycles. The lowest BCUT2D eigenvalue weighted by atomic mass is 9.95. The molecular formula is C18H26FN3O2. The van der Waals surface area contributed by atoms with Gasteiger partial charge in [-0.05, 0) is 36.0 Å². The van der Waals surface area contributed by atoms with Crippen LogP contribution in [-0.2, 0) is 9.59 Å². The van der Waals surface area contributed by atoms with Gasteiger partial charge >= 0.3 is 0 Å². The summed E-state index contributed by atoms with van der Waals surface area (Å²) >= 11 is 0. The molecule has 24 heavy (non-hydrogen) atoms. The molecule has 6 heteroatoms. The third-order valence-corrected chi connectivity index (χ3v) is 4.65. The fourth-order valence-electron chi connectivity index (χ4n) is 3.11. The number of nitrogens with zero attached hydrogens (tertiary/aromatic N) is 1. The molecule has 1 heterocycles. The zero-order valence-corrected chi connectivity index (χ0v) is 14.5. The number of carbonyl (C=O) groups is 2. The molecule has 2 rings (SSSR count). The first-order chi connectivity index (χ1) is 11.3. The van der Waals surface area contributed by atoms with Crippen LogP contribution < -0.4 is 11.1 Å². The van der Waals surface area contributed by atoms with Crippen molar-refractivity contribution in [2.75, 3.05) is 13.1 Å². The number of nitrogens with one attached hydrogen (secondary N) is 1. The number of likely N-dealkylation sites (tertiary alicyclic amines) is 1. The second kappa shape index (κ2) is 7.75. The van der Waals surface area contributed by atoms with Gasteiger partial charge < -0.3 is 16.0 Å². The molecule has 1 fully saturated rings. The topological polar surface area (TPSA) is 75.4 Å². The van der Waals surface area contributed by atoms with E-state index in [1.807, 2.05) is 19.9 Å². The molecule has 1 aromatic carbocycles. The number of amides is 2. The van der Waals surface area contributed by atoms with Crippen LogP contribution in [0, 0.1) is 17.7 Å². The van der Waals surface area contributed by atoms with Crippen LogP contribution in [0.25, 0.3) is 0 Å². The summed E-state index contributed by atoms with van der Waals surface area (Å²) < 4.78 is 13.5. The summed E-state index contributed by atoms with van der Waals surface area (Å²) in [6, 6.07) is 5.56. The van der Waals surface area contributed by atoms with E-state index in [0.29, 0.717) is 6.54 Å². The number of rotatable bonds is 5. The molecule has 5 nitrogen and oxygen atoms in total. The molecule has 0 bridgehead atoms. The van der Waals surface area contributed by atoms with E-state index in [4.69, 9.17) is 5.73 Å². The van der Waals surface area contributed by atoms with Gasteiger partial charge in [0.1, 0.15) is 5.82 Å². The highest BCUT2D eigenvalue weighted by Gasteiger charge is 2.35. The average molecular weight is 335 g/mol. The molecule has 2 unspecified atom stereocenters. The second-order valence-corrected chi connectivity index (χ2v) is 6.84. The van der Waals surface area contributed by atoms with E-state index in [2.05, 4.69) is 12.2 Å². The van der Waals surface area contributed by atoms with Crippen LogP contribution in [0.5, 0.6) is 0 Å². The Morgan fingerprint density at radius 3 is 2.75 bits per heavy atom. The van der Waals surface area contributed by atoms with Crippen molar-refractivity contribution in [2.24, 2.45) is 17.6 Å². The molecule has 1 saturated heterocycles. The SMILES string of the molecule is CC1CCN(C(=O)CNC(=O)[C@@H](N)C(C)C)C1c1cccc(F)c1. The molecule has 1 aromatic rings. The summed E-state index contributed by atoms with van der Waals surface area (Å²) in [5.41, 5.74) is 6.57. The van der Waals surface area contributed by atoms with Gasteiger partial charge in [-0.2, -0.15) is 0 Å². The third kappa shape index (κ3) is 4.12. The normalized spacial score (nSPS) is 21.8. The van der Waals surface area contributed by atoms with Crippen LogP contribution in [-0.4, -0.2) is 35.8 Å². The van der Waals surface area contributed by atoms with E-state index in [9.17, 15) is 14.0 Å². The maximum atomic E-state index is 13.5. The van der Waals surface area contributed by atoms with Crippen molar-refractivity contribution in [3.63, 3.8) is 0 Å². The standard InChI is InChI=1S/C18H26FN3O2/c1-11(2)16(20)18(24)21-10-15(23)22-8-7-12(3)17(22)13-5-4-6-14(19)9-13/h4-6,9,11-12,16-17H,7-8,10,20H2,1-3H3,(H,21,24)/t12?,16-,17?/m0/s1. The van der Waals surface area contributed by atoms with E-state index in [0.717, 1.165) is 12.0 Å². The second-order valence-electron chi connectivity index (χ2n) is 6.84. The van der Waals surface area contributed by atoms with Gasteiger partial charge in [-0.3, -0.25) is 9.59 Å². The van der Waals surface area contributed by atoms with Gasteiger partial charge in [-0.15, -0.1) is 0 Å². The number of hydrogen-bond donors (Lipinski definition) is 2. The summed E-state index contributed by atoms with van der Waals surface area (Å²) in [5.74, 6) is -0.558. The van der Waals surface area contributed by atoms with Gasteiger partial charge in [-0.25, -0.2) is 4.39 Å². The molecule has 0 saturated carbocycles. The molecule has 3 atom stereocenters. The van der Waals surface area contributed by atoms with Crippen molar-refractivity contribution < 1.29 is 14.0 Å². The Hall–Kier alpha value is -1.95. The van der Waals surface area contributed by atoms with Crippen LogP contribution in [0.3, 0.4) is 0 Å². The summed E-state index contributed by atoms with van der Waals surface area (Å²) in [5, 5.41) is 2.61. The van der Waals surface area contributed by atoms with Crippen molar-refractivity contribution in [1.29, 1.82) is 0 Å². The molecular weight excluding hydrogens is 309 g/mol. The van der Waals surface area contributed by atoms with Gasteiger partial charge in [-0.1, -0.05) is 32.9 Å². The minimum absolute atomic E-state index is 0.00644. The minimum atomic E-state index is -0.630. The van der Waals surface area contributed by atoms with Gasteiger partial charge in [0.2, 0.25) is 11.8 Å². The van der Waals surface area contributed by atoms with E-state index in [1.54, 1.807) is 11.0 Å². The van der Waals surface area contributed by atoms with E-state index >= 15 is 0 Å². The Morgan fingerprint density at radius 2 is 2.12 bits per heavy atom. The first kappa shape index (κ1) is 18.4. The van der Waals surface area contributed by atoms with Crippen LogP contribution >= 0.6 is 0 Å². The Balaban J connectivity index is 2.04. The molecule has 2 amide bonds. The highest BCUT2D eigenvalue weighted by molar-refractivity contribution is 5.87. The molecule has 3 N–H and O–H groups in total. The van der Waals surface area contributed by atoms with Crippen LogP contribution in [0.1, 0.15) is 38.8 Å². The molecule has 0 spiro atoms. The van der Waals surface area contributed by atoms with E-state index in [1.165, 1.54) is 12.1 Å². The van der Waals surface area contributed by atoms with Crippen molar-refractivity contribution in [3.05, 3.63) is 35.6 Å². The predicted molar refractivity (Wildman–Crippen MR) is 90.5 cm³/mol. The molecule has 0 aromatic heterocycles. The average Bonchev–Trinajstić information content (AvgIpc) is 2.93. The first-order valence-electron chi connectivity index (χ1n) is 8.39. The molecule has 1 aliphatic heterocycles. The number of halogens is 1. The number of benzene rings is 1. The monoisotopic (exact) mass is 335 g/mol. The largest absolute Gasteiger partial charge is 0.346 e. The Bertz CT molecular complexity index is 606. The summed E-state index contributed by atoms with van der Waals surface area (Å²) in [6.45, 7) is 6.28. The Morgan fingerprint density at radius 1 is 1.42 bits per heavy atom. The van der Waals surface area contributed by atoms with Crippen molar-refractivity contribution >= 4 is 11.8 Å². The highest BCUT2D eigenvalue weighted by Crippen LogP contribution is 2.37. The lowest BCUT2D eigenvalue weighted by Crippen LogP contribution is -2.48. The molecule has 132 valence electrons. The summed E-state index contributed by atoms with van der Waals surface area (Å²) in [6.07, 6.45) is 0.854. The number of carbonyl (C=O) groups excluding carboxylic acids is 2. The lowest BCUT2D eigenvalue weighted by molar-refractivity contribution is -0.134. The van der Waals surface area contributed by atoms with Crippen LogP contribution in [0.15, 0.2) is 24.3 Å². The fourth-order valence-corrected chi connectivity index (χ4v) is 3.11. The molecule has 1 aliphatic rings. The summed E-state index contributed by atoms with van der Waals surface area (Å²) in [7, 11) is 0. The smallest absolute Gasteiger partial charge is 0.242 e. The van der Waals surface area contributed by atoms with Crippen molar-refractivity contribution in [1.82, 2.24) is 10.2 Å². The van der Waals surface area contributed by atoms with E-state index < -0.39 is 6.04 Å². The van der Waals surface area contributed by atoms with Crippen LogP contribution in [0.2, 0.25) is 0 Å². The Kier molecular flexibility index (Phi) is 5.94. The van der Waals surface area contributed by atoms with Gasteiger partial charge in [0.15, 0.2) is 0 Å². The first-order valence-corrected chi connectivity index (χ1v) is 8.39. The van der Waals surface area contributed by atoms with Crippen molar-refractivity contribution in [3.8, 4) is 0 Å². The van der Waals surface area contributed by atoms with Crippen LogP contribution in [0.4, 0.5) is 4.39 Å². The maximum Gasteiger partial charge on any atom is 0.242 e. The summed E-state index contributed by atoms with van der Waals surface area (Å²) in [4.78, 5) is 26.2. The zero-order valence-electron chi connectivity index (χ0n) is 14.5. The maximum absolute atomic E-state index is 13.5. The highest BCUT2D eigenvalue weighted by atomic mass is 19.1. The lowest BCUT2D eigenvalue weighted by Gasteiger charge is -2.28. The Labute approximate surface area is 142 Å². The van der Waals surface area contributed by atoms with Gasteiger partial charge in [0.05, 0.1) is 18.6 Å². The third-order valence-electron chi connectivity index (χ3n) is 4.65. The fraction of sp³-hybridized carbons (Fsp3) is 0.556. The minimum Gasteiger partial charge on any atom is -0.346 e. The predicted octanol–water partition coefficient (Wildman–Crippen LogP) is 1.83. The zero-order chi connectivity index (χ0) is 17.9. The van der Waals surface area contributed by atoms with E-state index in [-0.39, 0.29) is 42.1 Å². The van der Waals surface area contributed by atoms with Gasteiger partial charge in [0.25, 0.3) is 0 Å². The van der Waals surface area contributed by atoms with Gasteiger partial charge in [0, 0.05) is 6.54 Å². The quantitative estimate of drug-likeness (QED) is 0.862. The number of nitrogens with two attached hydrogens (primary N) is 1.